The summed E-state index contributed by atoms with van der Waals surface area (Å²) >= 11 is 0. The molecule has 22 heavy (non-hydrogen) atoms. The normalized spacial score (nSPS) is 24.8. The van der Waals surface area contributed by atoms with E-state index in [9.17, 15) is 14.0 Å². The lowest BCUT2D eigenvalue weighted by atomic mass is 10.1. The third-order valence-corrected chi connectivity index (χ3v) is 4.17. The van der Waals surface area contributed by atoms with E-state index in [1.807, 2.05) is 0 Å². The third-order valence-electron chi connectivity index (χ3n) is 4.17. The smallest absolute Gasteiger partial charge is 0.229 e. The van der Waals surface area contributed by atoms with E-state index in [0.717, 1.165) is 19.4 Å². The Kier molecular flexibility index (Phi) is 4.38. The predicted molar refractivity (Wildman–Crippen MR) is 78.7 cm³/mol. The monoisotopic (exact) mass is 306 g/mol. The Labute approximate surface area is 128 Å². The van der Waals surface area contributed by atoms with Crippen LogP contribution in [0.2, 0.25) is 0 Å². The molecule has 0 radical (unpaired) electrons. The van der Waals surface area contributed by atoms with Crippen molar-refractivity contribution in [2.24, 2.45) is 5.92 Å². The Hall–Kier alpha value is -1.95. The molecule has 0 spiro atoms. The van der Waals surface area contributed by atoms with Crippen molar-refractivity contribution in [1.82, 2.24) is 4.90 Å². The number of nitrogens with one attached hydrogen (secondary N) is 1. The van der Waals surface area contributed by atoms with Crippen molar-refractivity contribution in [2.75, 3.05) is 25.0 Å². The molecular weight excluding hydrogens is 287 g/mol. The number of nitrogens with zero attached hydrogens (tertiary/aromatic N) is 1. The predicted octanol–water partition coefficient (Wildman–Crippen LogP) is 1.79. The molecule has 0 aliphatic carbocycles. The van der Waals surface area contributed by atoms with Gasteiger partial charge >= 0.3 is 0 Å². The van der Waals surface area contributed by atoms with Crippen molar-refractivity contribution in [3.05, 3.63) is 30.1 Å². The van der Waals surface area contributed by atoms with E-state index in [2.05, 4.69) is 5.32 Å². The lowest BCUT2D eigenvalue weighted by molar-refractivity contribution is -0.129. The van der Waals surface area contributed by atoms with Crippen LogP contribution in [-0.4, -0.2) is 42.5 Å². The molecule has 118 valence electrons. The lowest BCUT2D eigenvalue weighted by Crippen LogP contribution is -2.34. The first kappa shape index (κ1) is 15.0. The van der Waals surface area contributed by atoms with Crippen LogP contribution in [0.3, 0.4) is 0 Å². The summed E-state index contributed by atoms with van der Waals surface area (Å²) < 4.78 is 19.1. The first-order chi connectivity index (χ1) is 10.6. The molecule has 2 aliphatic rings. The van der Waals surface area contributed by atoms with Crippen LogP contribution in [-0.2, 0) is 14.3 Å². The van der Waals surface area contributed by atoms with Crippen LogP contribution >= 0.6 is 0 Å². The molecule has 2 saturated heterocycles. The van der Waals surface area contributed by atoms with Crippen molar-refractivity contribution in [2.45, 2.75) is 25.4 Å². The number of benzene rings is 1. The zero-order valence-electron chi connectivity index (χ0n) is 12.3. The molecule has 5 nitrogen and oxygen atoms in total. The number of anilines is 1. The maximum atomic E-state index is 13.6. The highest BCUT2D eigenvalue weighted by Gasteiger charge is 2.36. The van der Waals surface area contributed by atoms with Gasteiger partial charge in [0.05, 0.1) is 17.7 Å². The van der Waals surface area contributed by atoms with Gasteiger partial charge in [-0.25, -0.2) is 4.39 Å². The first-order valence-corrected chi connectivity index (χ1v) is 7.58. The number of carbonyl (C=O) groups excluding carboxylic acids is 2. The van der Waals surface area contributed by atoms with Gasteiger partial charge in [0.15, 0.2) is 0 Å². The van der Waals surface area contributed by atoms with Crippen LogP contribution in [0.15, 0.2) is 24.3 Å². The van der Waals surface area contributed by atoms with E-state index in [4.69, 9.17) is 4.74 Å². The van der Waals surface area contributed by atoms with Gasteiger partial charge in [-0.1, -0.05) is 12.1 Å². The summed E-state index contributed by atoms with van der Waals surface area (Å²) in [6.45, 7) is 1.66. The molecule has 3 rings (SSSR count). The largest absolute Gasteiger partial charge is 0.376 e. The number of hydrogen-bond acceptors (Lipinski definition) is 3. The summed E-state index contributed by atoms with van der Waals surface area (Å²) in [6, 6.07) is 6.02. The quantitative estimate of drug-likeness (QED) is 0.922. The van der Waals surface area contributed by atoms with Gasteiger partial charge in [-0.05, 0) is 25.0 Å². The SMILES string of the molecule is O=C(Nc1ccccc1F)C1CC(=O)N(CC2CCCO2)C1. The molecule has 1 aromatic rings. The average molecular weight is 306 g/mol. The van der Waals surface area contributed by atoms with Crippen molar-refractivity contribution in [3.63, 3.8) is 0 Å². The van der Waals surface area contributed by atoms with Gasteiger partial charge in [-0.2, -0.15) is 0 Å². The lowest BCUT2D eigenvalue weighted by Gasteiger charge is -2.20. The van der Waals surface area contributed by atoms with Crippen LogP contribution in [0.4, 0.5) is 10.1 Å². The topological polar surface area (TPSA) is 58.6 Å². The molecule has 1 N–H and O–H groups in total. The summed E-state index contributed by atoms with van der Waals surface area (Å²) in [7, 11) is 0. The molecule has 2 amide bonds. The highest BCUT2D eigenvalue weighted by atomic mass is 19.1. The van der Waals surface area contributed by atoms with Crippen LogP contribution in [0.1, 0.15) is 19.3 Å². The molecule has 0 bridgehead atoms. The van der Waals surface area contributed by atoms with Gasteiger partial charge in [0.25, 0.3) is 0 Å². The Morgan fingerprint density at radius 3 is 2.95 bits per heavy atom. The van der Waals surface area contributed by atoms with Crippen molar-refractivity contribution in [3.8, 4) is 0 Å². The summed E-state index contributed by atoms with van der Waals surface area (Å²) in [5.41, 5.74) is 0.150. The third kappa shape index (κ3) is 3.27. The molecule has 1 aromatic carbocycles. The zero-order chi connectivity index (χ0) is 15.5. The number of hydrogen-bond donors (Lipinski definition) is 1. The molecule has 6 heteroatoms. The van der Waals surface area contributed by atoms with Crippen LogP contribution < -0.4 is 5.32 Å². The first-order valence-electron chi connectivity index (χ1n) is 7.58. The molecule has 2 heterocycles. The molecule has 0 aromatic heterocycles. The molecule has 2 aliphatic heterocycles. The van der Waals surface area contributed by atoms with Gasteiger partial charge in [0, 0.05) is 26.1 Å². The second-order valence-electron chi connectivity index (χ2n) is 5.80. The van der Waals surface area contributed by atoms with Gasteiger partial charge < -0.3 is 15.0 Å². The zero-order valence-corrected chi connectivity index (χ0v) is 12.3. The van der Waals surface area contributed by atoms with E-state index in [-0.39, 0.29) is 30.0 Å². The van der Waals surface area contributed by atoms with E-state index < -0.39 is 11.7 Å². The summed E-state index contributed by atoms with van der Waals surface area (Å²) in [5, 5.41) is 2.56. The molecule has 2 atom stereocenters. The maximum absolute atomic E-state index is 13.6. The second-order valence-corrected chi connectivity index (χ2v) is 5.80. The Bertz CT molecular complexity index is 572. The van der Waals surface area contributed by atoms with Gasteiger partial charge in [-0.15, -0.1) is 0 Å². The van der Waals surface area contributed by atoms with Crippen LogP contribution in [0.5, 0.6) is 0 Å². The minimum Gasteiger partial charge on any atom is -0.376 e. The van der Waals surface area contributed by atoms with E-state index in [1.165, 1.54) is 12.1 Å². The van der Waals surface area contributed by atoms with E-state index in [0.29, 0.717) is 13.1 Å². The van der Waals surface area contributed by atoms with Gasteiger partial charge in [-0.3, -0.25) is 9.59 Å². The van der Waals surface area contributed by atoms with Crippen molar-refractivity contribution < 1.29 is 18.7 Å². The fourth-order valence-corrected chi connectivity index (χ4v) is 2.96. The number of halogens is 1. The standard InChI is InChI=1S/C16H19FN2O3/c17-13-5-1-2-6-14(13)18-16(21)11-8-15(20)19(9-11)10-12-4-3-7-22-12/h1-2,5-6,11-12H,3-4,7-10H2,(H,18,21). The van der Waals surface area contributed by atoms with E-state index in [1.54, 1.807) is 17.0 Å². The highest BCUT2D eigenvalue weighted by molar-refractivity contribution is 5.97. The molecular formula is C16H19FN2O3. The van der Waals surface area contributed by atoms with Crippen molar-refractivity contribution >= 4 is 17.5 Å². The maximum Gasteiger partial charge on any atom is 0.229 e. The number of likely N-dealkylation sites (tertiary alicyclic amines) is 1. The number of ether oxygens (including phenoxy) is 1. The molecule has 2 unspecified atom stereocenters. The number of amides is 2. The molecule has 0 saturated carbocycles. The van der Waals surface area contributed by atoms with Crippen LogP contribution in [0, 0.1) is 11.7 Å². The molecule has 2 fully saturated rings. The number of carbonyl (C=O) groups is 2. The fourth-order valence-electron chi connectivity index (χ4n) is 2.96. The summed E-state index contributed by atoms with van der Waals surface area (Å²) in [6.07, 6.45) is 2.23. The Balaban J connectivity index is 1.57. The van der Waals surface area contributed by atoms with Crippen molar-refractivity contribution in [1.29, 1.82) is 0 Å². The van der Waals surface area contributed by atoms with E-state index >= 15 is 0 Å². The Morgan fingerprint density at radius 1 is 1.41 bits per heavy atom. The number of rotatable bonds is 4. The van der Waals surface area contributed by atoms with Gasteiger partial charge in [0.1, 0.15) is 5.82 Å². The second kappa shape index (κ2) is 6.44. The summed E-state index contributed by atoms with van der Waals surface area (Å²) in [4.78, 5) is 25.9. The Morgan fingerprint density at radius 2 is 2.23 bits per heavy atom. The summed E-state index contributed by atoms with van der Waals surface area (Å²) in [5.74, 6) is -1.26. The highest BCUT2D eigenvalue weighted by Crippen LogP contribution is 2.23. The van der Waals surface area contributed by atoms with Crippen LogP contribution in [0.25, 0.3) is 0 Å². The fraction of sp³-hybridized carbons (Fsp3) is 0.500. The minimum atomic E-state index is -0.476. The number of para-hydroxylation sites is 1. The minimum absolute atomic E-state index is 0.0378. The van der Waals surface area contributed by atoms with Gasteiger partial charge in [0.2, 0.25) is 11.8 Å². The average Bonchev–Trinajstić information content (AvgIpc) is 3.13.